The molecule has 134 valence electrons. The first-order valence-electron chi connectivity index (χ1n) is 8.04. The predicted molar refractivity (Wildman–Crippen MR) is 113 cm³/mol. The predicted octanol–water partition coefficient (Wildman–Crippen LogP) is 3.46. The van der Waals surface area contributed by atoms with Crippen molar-refractivity contribution in [3.63, 3.8) is 0 Å². The first-order chi connectivity index (χ1) is 11.8. The molecule has 0 unspecified atom stereocenters. The largest absolute Gasteiger partial charge is 0.497 e. The van der Waals surface area contributed by atoms with E-state index in [9.17, 15) is 0 Å². The summed E-state index contributed by atoms with van der Waals surface area (Å²) in [4.78, 5) is 6.67. The van der Waals surface area contributed by atoms with Crippen molar-refractivity contribution in [2.45, 2.75) is 13.0 Å². The lowest BCUT2D eigenvalue weighted by molar-refractivity contribution is 0.390. The molecule has 0 aliphatic carbocycles. The number of fused-ring (bicyclic) bond motifs is 1. The minimum Gasteiger partial charge on any atom is -0.497 e. The van der Waals surface area contributed by atoms with E-state index < -0.39 is 0 Å². The molecule has 0 fully saturated rings. The van der Waals surface area contributed by atoms with Crippen LogP contribution in [0.3, 0.4) is 0 Å². The molecule has 0 aromatic heterocycles. The Morgan fingerprint density at radius 2 is 1.96 bits per heavy atom. The zero-order chi connectivity index (χ0) is 16.9. The van der Waals surface area contributed by atoms with Gasteiger partial charge in [0.25, 0.3) is 0 Å². The summed E-state index contributed by atoms with van der Waals surface area (Å²) in [6, 6.07) is 14.3. The number of halogens is 1. The monoisotopic (exact) mass is 453 g/mol. The molecular weight excluding hydrogens is 429 g/mol. The first-order valence-corrected chi connectivity index (χ1v) is 8.04. The van der Waals surface area contributed by atoms with Gasteiger partial charge < -0.3 is 19.7 Å². The fourth-order valence-corrected chi connectivity index (χ4v) is 3.03. The van der Waals surface area contributed by atoms with Gasteiger partial charge in [-0.25, -0.2) is 0 Å². The maximum absolute atomic E-state index is 5.46. The number of para-hydroxylation sites is 1. The van der Waals surface area contributed by atoms with E-state index in [1.165, 1.54) is 11.3 Å². The normalized spacial score (nSPS) is 13.1. The van der Waals surface area contributed by atoms with Crippen molar-refractivity contribution in [1.29, 1.82) is 0 Å². The van der Waals surface area contributed by atoms with Crippen molar-refractivity contribution in [2.24, 2.45) is 4.99 Å². The van der Waals surface area contributed by atoms with Gasteiger partial charge in [0.05, 0.1) is 14.2 Å². The van der Waals surface area contributed by atoms with E-state index in [4.69, 9.17) is 9.47 Å². The Labute approximate surface area is 166 Å². The highest BCUT2D eigenvalue weighted by Crippen LogP contribution is 2.28. The Morgan fingerprint density at radius 3 is 2.68 bits per heavy atom. The van der Waals surface area contributed by atoms with E-state index in [1.807, 2.05) is 25.2 Å². The molecule has 1 aliphatic heterocycles. The van der Waals surface area contributed by atoms with Gasteiger partial charge in [-0.1, -0.05) is 18.2 Å². The maximum Gasteiger partial charge on any atom is 0.198 e. The molecule has 1 aliphatic rings. The second-order valence-electron chi connectivity index (χ2n) is 5.61. The first kappa shape index (κ1) is 19.4. The smallest absolute Gasteiger partial charge is 0.198 e. The van der Waals surface area contributed by atoms with Crippen LogP contribution in [0.2, 0.25) is 0 Å². The van der Waals surface area contributed by atoms with Crippen molar-refractivity contribution < 1.29 is 9.47 Å². The van der Waals surface area contributed by atoms with Crippen molar-refractivity contribution in [3.05, 3.63) is 53.6 Å². The number of methoxy groups -OCH3 is 2. The zero-order valence-electron chi connectivity index (χ0n) is 14.8. The average molecular weight is 453 g/mol. The Balaban J connectivity index is 0.00000225. The number of ether oxygens (including phenoxy) is 2. The average Bonchev–Trinajstić information content (AvgIpc) is 3.06. The van der Waals surface area contributed by atoms with E-state index in [2.05, 4.69) is 39.5 Å². The lowest BCUT2D eigenvalue weighted by Gasteiger charge is -2.22. The van der Waals surface area contributed by atoms with Gasteiger partial charge in [0.1, 0.15) is 11.5 Å². The van der Waals surface area contributed by atoms with Crippen molar-refractivity contribution in [3.8, 4) is 11.5 Å². The third-order valence-electron chi connectivity index (χ3n) is 4.29. The number of nitrogens with one attached hydrogen (secondary N) is 1. The number of nitrogens with zero attached hydrogens (tertiary/aromatic N) is 2. The highest BCUT2D eigenvalue weighted by molar-refractivity contribution is 14.0. The van der Waals surface area contributed by atoms with Gasteiger partial charge in [-0.05, 0) is 30.2 Å². The lowest BCUT2D eigenvalue weighted by atomic mass is 10.2. The second-order valence-corrected chi connectivity index (χ2v) is 5.61. The minimum atomic E-state index is 0. The van der Waals surface area contributed by atoms with Gasteiger partial charge in [0, 0.05) is 37.5 Å². The Kier molecular flexibility index (Phi) is 6.92. The van der Waals surface area contributed by atoms with E-state index in [1.54, 1.807) is 14.2 Å². The number of hydrogen-bond donors (Lipinski definition) is 1. The van der Waals surface area contributed by atoms with E-state index in [-0.39, 0.29) is 24.0 Å². The van der Waals surface area contributed by atoms with Gasteiger partial charge in [-0.15, -0.1) is 24.0 Å². The number of rotatable bonds is 4. The lowest BCUT2D eigenvalue weighted by Crippen LogP contribution is -2.40. The van der Waals surface area contributed by atoms with Gasteiger partial charge in [0.15, 0.2) is 5.96 Å². The molecule has 6 heteroatoms. The molecule has 1 N–H and O–H groups in total. The molecule has 0 spiro atoms. The molecule has 1 heterocycles. The molecule has 0 saturated carbocycles. The topological polar surface area (TPSA) is 46.1 Å². The van der Waals surface area contributed by atoms with Crippen LogP contribution in [-0.4, -0.2) is 33.8 Å². The van der Waals surface area contributed by atoms with Crippen LogP contribution < -0.4 is 19.7 Å². The molecule has 2 aromatic carbocycles. The van der Waals surface area contributed by atoms with Crippen LogP contribution >= 0.6 is 24.0 Å². The molecule has 5 nitrogen and oxygen atoms in total. The third-order valence-corrected chi connectivity index (χ3v) is 4.29. The summed E-state index contributed by atoms with van der Waals surface area (Å²) in [5, 5.41) is 3.44. The number of guanidine groups is 1. The van der Waals surface area contributed by atoms with Gasteiger partial charge in [-0.3, -0.25) is 4.99 Å². The van der Waals surface area contributed by atoms with Crippen LogP contribution in [0.25, 0.3) is 0 Å². The molecule has 0 amide bonds. The number of anilines is 1. The second kappa shape index (κ2) is 8.94. The fraction of sp³-hybridized carbons (Fsp3) is 0.316. The fourth-order valence-electron chi connectivity index (χ4n) is 3.03. The quantitative estimate of drug-likeness (QED) is 0.438. The van der Waals surface area contributed by atoms with Crippen LogP contribution in [0.4, 0.5) is 5.69 Å². The molecule has 0 atom stereocenters. The molecule has 2 aromatic rings. The van der Waals surface area contributed by atoms with Gasteiger partial charge in [0.2, 0.25) is 0 Å². The van der Waals surface area contributed by atoms with Crippen molar-refractivity contribution >= 4 is 35.6 Å². The van der Waals surface area contributed by atoms with Crippen molar-refractivity contribution in [2.75, 3.05) is 32.7 Å². The number of hydrogen-bond acceptors (Lipinski definition) is 3. The van der Waals surface area contributed by atoms with E-state index in [0.717, 1.165) is 36.0 Å². The highest BCUT2D eigenvalue weighted by Gasteiger charge is 2.22. The standard InChI is InChI=1S/C19H23N3O2.HI/c1-20-19(22-11-10-14-6-4-5-7-17(14)22)21-13-15-8-9-16(23-2)12-18(15)24-3;/h4-9,12H,10-11,13H2,1-3H3,(H,20,21);1H. The molecule has 25 heavy (non-hydrogen) atoms. The Hall–Kier alpha value is -1.96. The molecular formula is C19H24IN3O2. The van der Waals surface area contributed by atoms with Gasteiger partial charge >= 0.3 is 0 Å². The van der Waals surface area contributed by atoms with Crippen LogP contribution in [0.1, 0.15) is 11.1 Å². The highest BCUT2D eigenvalue weighted by atomic mass is 127. The van der Waals surface area contributed by atoms with E-state index >= 15 is 0 Å². The number of aliphatic imine (C=N–C) groups is 1. The molecule has 0 radical (unpaired) electrons. The van der Waals surface area contributed by atoms with Crippen LogP contribution in [-0.2, 0) is 13.0 Å². The SMILES string of the molecule is CN=C(NCc1ccc(OC)cc1OC)N1CCc2ccccc21.I. The van der Waals surface area contributed by atoms with Crippen LogP contribution in [0.5, 0.6) is 11.5 Å². The summed E-state index contributed by atoms with van der Waals surface area (Å²) in [5.74, 6) is 2.46. The summed E-state index contributed by atoms with van der Waals surface area (Å²) >= 11 is 0. The van der Waals surface area contributed by atoms with Crippen LogP contribution in [0.15, 0.2) is 47.5 Å². The Morgan fingerprint density at radius 1 is 1.16 bits per heavy atom. The summed E-state index contributed by atoms with van der Waals surface area (Å²) in [7, 11) is 5.14. The summed E-state index contributed by atoms with van der Waals surface area (Å²) < 4.78 is 10.7. The minimum absolute atomic E-state index is 0. The Bertz CT molecular complexity index is 749. The maximum atomic E-state index is 5.46. The van der Waals surface area contributed by atoms with Crippen molar-refractivity contribution in [1.82, 2.24) is 5.32 Å². The molecule has 3 rings (SSSR count). The summed E-state index contributed by atoms with van der Waals surface area (Å²) in [5.41, 5.74) is 3.65. The zero-order valence-corrected chi connectivity index (χ0v) is 17.1. The molecule has 0 saturated heterocycles. The summed E-state index contributed by atoms with van der Waals surface area (Å²) in [6.45, 7) is 1.58. The van der Waals surface area contributed by atoms with Gasteiger partial charge in [-0.2, -0.15) is 0 Å². The van der Waals surface area contributed by atoms with Crippen LogP contribution in [0, 0.1) is 0 Å². The third kappa shape index (κ3) is 4.18. The summed E-state index contributed by atoms with van der Waals surface area (Å²) in [6.07, 6.45) is 1.04. The number of benzene rings is 2. The van der Waals surface area contributed by atoms with E-state index in [0.29, 0.717) is 6.54 Å². The molecule has 0 bridgehead atoms.